The summed E-state index contributed by atoms with van der Waals surface area (Å²) in [7, 11) is 3.19. The number of hydrogen-bond donors (Lipinski definition) is 0. The van der Waals surface area contributed by atoms with Crippen LogP contribution in [0.25, 0.3) is 0 Å². The maximum Gasteiger partial charge on any atom is 0.274 e. The van der Waals surface area contributed by atoms with Crippen molar-refractivity contribution in [1.82, 2.24) is 19.8 Å². The molecule has 1 fully saturated rings. The maximum atomic E-state index is 12.6. The summed E-state index contributed by atoms with van der Waals surface area (Å²) in [6.07, 6.45) is 6.77. The highest BCUT2D eigenvalue weighted by atomic mass is 16.5. The summed E-state index contributed by atoms with van der Waals surface area (Å²) in [6, 6.07) is 7.58. The van der Waals surface area contributed by atoms with Crippen LogP contribution in [0.3, 0.4) is 0 Å². The zero-order valence-corrected chi connectivity index (χ0v) is 17.0. The van der Waals surface area contributed by atoms with Crippen LogP contribution in [0.5, 0.6) is 5.75 Å². The molecular formula is C22H24N4O4. The second-order valence-electron chi connectivity index (χ2n) is 7.29. The quantitative estimate of drug-likeness (QED) is 0.534. The Labute approximate surface area is 175 Å². The second kappa shape index (κ2) is 8.62. The van der Waals surface area contributed by atoms with Gasteiger partial charge < -0.3 is 19.3 Å². The SMILES string of the molecule is COc1ccc(CN2C(=O)[C@H](OC)[C@@H]2C2=CCN(C(=O)c3cnccn3)CC2)cc1. The molecule has 8 nitrogen and oxygen atoms in total. The molecular weight excluding hydrogens is 384 g/mol. The Morgan fingerprint density at radius 2 is 2.00 bits per heavy atom. The lowest BCUT2D eigenvalue weighted by Gasteiger charge is -2.48. The van der Waals surface area contributed by atoms with Crippen LogP contribution in [0, 0.1) is 0 Å². The zero-order valence-electron chi connectivity index (χ0n) is 17.0. The molecule has 0 spiro atoms. The van der Waals surface area contributed by atoms with E-state index in [4.69, 9.17) is 9.47 Å². The molecule has 2 atom stereocenters. The number of amides is 2. The number of carbonyl (C=O) groups is 2. The third kappa shape index (κ3) is 3.78. The van der Waals surface area contributed by atoms with Crippen LogP contribution < -0.4 is 4.74 Å². The summed E-state index contributed by atoms with van der Waals surface area (Å²) < 4.78 is 10.7. The molecule has 2 aliphatic rings. The van der Waals surface area contributed by atoms with Crippen molar-refractivity contribution in [2.75, 3.05) is 27.3 Å². The summed E-state index contributed by atoms with van der Waals surface area (Å²) in [4.78, 5) is 36.8. The van der Waals surface area contributed by atoms with Gasteiger partial charge >= 0.3 is 0 Å². The first-order valence-corrected chi connectivity index (χ1v) is 9.82. The number of β-lactam (4-membered cyclic amide) rings is 1. The molecule has 0 unspecified atom stereocenters. The Morgan fingerprint density at radius 1 is 1.20 bits per heavy atom. The van der Waals surface area contributed by atoms with E-state index in [0.717, 1.165) is 16.9 Å². The summed E-state index contributed by atoms with van der Waals surface area (Å²) in [5.41, 5.74) is 2.49. The number of hydrogen-bond acceptors (Lipinski definition) is 6. The van der Waals surface area contributed by atoms with Crippen molar-refractivity contribution in [3.63, 3.8) is 0 Å². The Bertz CT molecular complexity index is 945. The molecule has 1 saturated heterocycles. The topological polar surface area (TPSA) is 84.9 Å². The normalized spacial score (nSPS) is 21.1. The molecule has 0 N–H and O–H groups in total. The van der Waals surface area contributed by atoms with Crippen LogP contribution in [0.1, 0.15) is 22.5 Å². The molecule has 2 amide bonds. The summed E-state index contributed by atoms with van der Waals surface area (Å²) in [5.74, 6) is 0.626. The molecule has 2 aliphatic heterocycles. The number of likely N-dealkylation sites (tertiary alicyclic amines) is 1. The van der Waals surface area contributed by atoms with Gasteiger partial charge in [-0.1, -0.05) is 18.2 Å². The minimum atomic E-state index is -0.475. The first-order chi connectivity index (χ1) is 14.6. The first kappa shape index (κ1) is 20.0. The molecule has 4 rings (SSSR count). The van der Waals surface area contributed by atoms with Gasteiger partial charge in [0, 0.05) is 39.1 Å². The van der Waals surface area contributed by atoms with Crippen LogP contribution in [0.15, 0.2) is 54.5 Å². The third-order valence-electron chi connectivity index (χ3n) is 5.61. The van der Waals surface area contributed by atoms with Crippen LogP contribution in [-0.4, -0.2) is 71.0 Å². The van der Waals surface area contributed by atoms with E-state index < -0.39 is 6.10 Å². The van der Waals surface area contributed by atoms with Crippen molar-refractivity contribution in [2.45, 2.75) is 25.1 Å². The highest BCUT2D eigenvalue weighted by Gasteiger charge is 2.49. The van der Waals surface area contributed by atoms with Crippen molar-refractivity contribution in [2.24, 2.45) is 0 Å². The number of nitrogens with zero attached hydrogens (tertiary/aromatic N) is 4. The number of ether oxygens (including phenoxy) is 2. The number of rotatable bonds is 6. The van der Waals surface area contributed by atoms with Gasteiger partial charge in [0.2, 0.25) is 0 Å². The standard InChI is InChI=1S/C22H24N4O4/c1-29-17-5-3-15(4-6-17)14-26-19(20(30-2)22(26)28)16-7-11-25(12-8-16)21(27)18-13-23-9-10-24-18/h3-7,9-10,13,19-20H,8,11-12,14H2,1-2H3/t19-,20+/m0/s1. The van der Waals surface area contributed by atoms with Crippen molar-refractivity contribution < 1.29 is 19.1 Å². The van der Waals surface area contributed by atoms with E-state index in [2.05, 4.69) is 9.97 Å². The second-order valence-corrected chi connectivity index (χ2v) is 7.29. The zero-order chi connectivity index (χ0) is 21.1. The molecule has 0 bridgehead atoms. The highest BCUT2D eigenvalue weighted by Crippen LogP contribution is 2.33. The lowest BCUT2D eigenvalue weighted by molar-refractivity contribution is -0.168. The van der Waals surface area contributed by atoms with Gasteiger partial charge in [0.15, 0.2) is 6.10 Å². The van der Waals surface area contributed by atoms with Gasteiger partial charge in [0.05, 0.1) is 19.3 Å². The van der Waals surface area contributed by atoms with Crippen molar-refractivity contribution in [3.05, 3.63) is 65.8 Å². The number of carbonyl (C=O) groups excluding carboxylic acids is 2. The predicted octanol–water partition coefficient (Wildman–Crippen LogP) is 1.68. The van der Waals surface area contributed by atoms with E-state index in [-0.39, 0.29) is 17.9 Å². The number of methoxy groups -OCH3 is 2. The Morgan fingerprint density at radius 3 is 2.60 bits per heavy atom. The monoisotopic (exact) mass is 408 g/mol. The minimum Gasteiger partial charge on any atom is -0.497 e. The highest BCUT2D eigenvalue weighted by molar-refractivity contribution is 5.92. The molecule has 8 heteroatoms. The summed E-state index contributed by atoms with van der Waals surface area (Å²) >= 11 is 0. The van der Waals surface area contributed by atoms with Gasteiger partial charge in [0.25, 0.3) is 11.8 Å². The largest absolute Gasteiger partial charge is 0.497 e. The van der Waals surface area contributed by atoms with E-state index in [9.17, 15) is 9.59 Å². The molecule has 0 aliphatic carbocycles. The molecule has 30 heavy (non-hydrogen) atoms. The van der Waals surface area contributed by atoms with Crippen molar-refractivity contribution >= 4 is 11.8 Å². The fourth-order valence-electron chi connectivity index (χ4n) is 3.95. The smallest absolute Gasteiger partial charge is 0.274 e. The van der Waals surface area contributed by atoms with Gasteiger partial charge in [-0.05, 0) is 29.7 Å². The van der Waals surface area contributed by atoms with Crippen molar-refractivity contribution in [1.29, 1.82) is 0 Å². The lowest BCUT2D eigenvalue weighted by Crippen LogP contribution is -2.66. The molecule has 1 aromatic carbocycles. The van der Waals surface area contributed by atoms with Crippen LogP contribution in [0.4, 0.5) is 0 Å². The molecule has 3 heterocycles. The van der Waals surface area contributed by atoms with Crippen LogP contribution >= 0.6 is 0 Å². The van der Waals surface area contributed by atoms with Gasteiger partial charge in [-0.2, -0.15) is 0 Å². The fraction of sp³-hybridized carbons (Fsp3) is 0.364. The fourth-order valence-corrected chi connectivity index (χ4v) is 3.95. The average Bonchev–Trinajstić information content (AvgIpc) is 2.81. The number of aromatic nitrogens is 2. The van der Waals surface area contributed by atoms with E-state index in [1.807, 2.05) is 35.2 Å². The first-order valence-electron chi connectivity index (χ1n) is 9.82. The van der Waals surface area contributed by atoms with E-state index >= 15 is 0 Å². The van der Waals surface area contributed by atoms with Gasteiger partial charge in [-0.15, -0.1) is 0 Å². The summed E-state index contributed by atoms with van der Waals surface area (Å²) in [5, 5.41) is 0. The molecule has 0 saturated carbocycles. The van der Waals surface area contributed by atoms with Gasteiger partial charge in [0.1, 0.15) is 11.4 Å². The third-order valence-corrected chi connectivity index (χ3v) is 5.61. The Balaban J connectivity index is 1.46. The molecule has 2 aromatic rings. The number of benzene rings is 1. The molecule has 1 aromatic heterocycles. The van der Waals surface area contributed by atoms with Crippen LogP contribution in [0.2, 0.25) is 0 Å². The van der Waals surface area contributed by atoms with Gasteiger partial charge in [-0.3, -0.25) is 14.6 Å². The van der Waals surface area contributed by atoms with E-state index in [1.54, 1.807) is 25.3 Å². The predicted molar refractivity (Wildman–Crippen MR) is 109 cm³/mol. The Hall–Kier alpha value is -3.26. The van der Waals surface area contributed by atoms with E-state index in [1.165, 1.54) is 12.4 Å². The molecule has 0 radical (unpaired) electrons. The summed E-state index contributed by atoms with van der Waals surface area (Å²) in [6.45, 7) is 1.55. The molecule has 156 valence electrons. The Kier molecular flexibility index (Phi) is 5.76. The lowest BCUT2D eigenvalue weighted by atomic mass is 9.86. The van der Waals surface area contributed by atoms with Crippen LogP contribution in [-0.2, 0) is 16.1 Å². The van der Waals surface area contributed by atoms with Gasteiger partial charge in [-0.25, -0.2) is 4.98 Å². The van der Waals surface area contributed by atoms with Crippen molar-refractivity contribution in [3.8, 4) is 5.75 Å². The minimum absolute atomic E-state index is 0.0164. The van der Waals surface area contributed by atoms with E-state index in [0.29, 0.717) is 31.7 Å². The maximum absolute atomic E-state index is 12.6. The average molecular weight is 408 g/mol.